The molecule has 4 rings (SSSR count). The van der Waals surface area contributed by atoms with Gasteiger partial charge in [0.2, 0.25) is 0 Å². The first-order valence-corrected chi connectivity index (χ1v) is 8.29. The summed E-state index contributed by atoms with van der Waals surface area (Å²) in [5, 5.41) is 0. The van der Waals surface area contributed by atoms with E-state index in [2.05, 4.69) is 35.1 Å². The van der Waals surface area contributed by atoms with Gasteiger partial charge in [-0.1, -0.05) is 20.8 Å². The van der Waals surface area contributed by atoms with Crippen LogP contribution >= 0.6 is 0 Å². The molecule has 0 radical (unpaired) electrons. The van der Waals surface area contributed by atoms with E-state index in [4.69, 9.17) is 5.73 Å². The molecule has 2 aliphatic rings. The normalized spacial score (nSPS) is 31.0. The van der Waals surface area contributed by atoms with Crippen LogP contribution in [0.1, 0.15) is 45.7 Å². The number of nitrogen functional groups attached to an aromatic ring is 1. The van der Waals surface area contributed by atoms with Crippen LogP contribution in [0.5, 0.6) is 0 Å². The highest BCUT2D eigenvalue weighted by Crippen LogP contribution is 2.52. The van der Waals surface area contributed by atoms with Crippen LogP contribution in [0.25, 0.3) is 5.65 Å². The molecular weight excluding hydrogens is 272 g/mol. The molecule has 1 saturated heterocycles. The average molecular weight is 298 g/mol. The fourth-order valence-corrected chi connectivity index (χ4v) is 5.13. The summed E-state index contributed by atoms with van der Waals surface area (Å²) in [5.74, 6) is 0. The summed E-state index contributed by atoms with van der Waals surface area (Å²) < 4.78 is 2.14. The maximum Gasteiger partial charge on any atom is 0.137 e. The second-order valence-corrected chi connectivity index (χ2v) is 8.56. The maximum absolute atomic E-state index is 5.94. The van der Waals surface area contributed by atoms with Crippen LogP contribution in [-0.2, 0) is 6.54 Å². The average Bonchev–Trinajstić information content (AvgIpc) is 2.88. The monoisotopic (exact) mass is 298 g/mol. The Balaban J connectivity index is 1.62. The van der Waals surface area contributed by atoms with Crippen LogP contribution in [0.4, 0.5) is 5.69 Å². The zero-order valence-corrected chi connectivity index (χ0v) is 13.8. The number of rotatable bonds is 2. The topological polar surface area (TPSA) is 46.6 Å². The molecule has 2 aromatic rings. The van der Waals surface area contributed by atoms with E-state index in [0.29, 0.717) is 16.9 Å². The Hall–Kier alpha value is -1.55. The molecule has 4 nitrogen and oxygen atoms in total. The molecule has 1 aliphatic carbocycles. The third-order valence-corrected chi connectivity index (χ3v) is 5.49. The number of nitrogens with two attached hydrogens (primary N) is 1. The Morgan fingerprint density at radius 1 is 1.27 bits per heavy atom. The molecule has 0 amide bonds. The van der Waals surface area contributed by atoms with Gasteiger partial charge in [0.25, 0.3) is 0 Å². The van der Waals surface area contributed by atoms with Gasteiger partial charge >= 0.3 is 0 Å². The van der Waals surface area contributed by atoms with E-state index >= 15 is 0 Å². The van der Waals surface area contributed by atoms with E-state index in [1.807, 2.05) is 24.5 Å². The first-order valence-electron chi connectivity index (χ1n) is 8.29. The Kier molecular flexibility index (Phi) is 2.86. The number of anilines is 1. The quantitative estimate of drug-likeness (QED) is 0.925. The number of fused-ring (bicyclic) bond motifs is 3. The third-order valence-electron chi connectivity index (χ3n) is 5.49. The van der Waals surface area contributed by atoms with Crippen LogP contribution in [0.3, 0.4) is 0 Å². The highest BCUT2D eigenvalue weighted by molar-refractivity contribution is 5.48. The van der Waals surface area contributed by atoms with Gasteiger partial charge in [-0.25, -0.2) is 4.98 Å². The van der Waals surface area contributed by atoms with Crippen LogP contribution in [0.15, 0.2) is 24.5 Å². The summed E-state index contributed by atoms with van der Waals surface area (Å²) in [6.45, 7) is 9.50. The lowest BCUT2D eigenvalue weighted by molar-refractivity contribution is 0.126. The Morgan fingerprint density at radius 3 is 2.91 bits per heavy atom. The van der Waals surface area contributed by atoms with E-state index in [9.17, 15) is 0 Å². The highest BCUT2D eigenvalue weighted by Gasteiger charge is 2.49. The molecule has 2 N–H and O–H groups in total. The van der Waals surface area contributed by atoms with Crippen molar-refractivity contribution < 1.29 is 0 Å². The molecular formula is C18H26N4. The predicted molar refractivity (Wildman–Crippen MR) is 89.5 cm³/mol. The van der Waals surface area contributed by atoms with Crippen molar-refractivity contribution in [1.29, 1.82) is 0 Å². The van der Waals surface area contributed by atoms with Crippen molar-refractivity contribution in [2.24, 2.45) is 10.8 Å². The number of pyridine rings is 1. The van der Waals surface area contributed by atoms with E-state index in [1.54, 1.807) is 0 Å². The number of aromatic nitrogens is 2. The number of likely N-dealkylation sites (tertiary alicyclic amines) is 1. The van der Waals surface area contributed by atoms with Gasteiger partial charge in [-0.2, -0.15) is 0 Å². The number of hydrogen-bond acceptors (Lipinski definition) is 3. The van der Waals surface area contributed by atoms with E-state index in [-0.39, 0.29) is 0 Å². The SMILES string of the molecule is CC1(C)CC2CC(C)(CN2Cc2cnc3ccc(N)cn23)C1. The van der Waals surface area contributed by atoms with Crippen LogP contribution < -0.4 is 5.73 Å². The summed E-state index contributed by atoms with van der Waals surface area (Å²) in [6, 6.07) is 4.62. The summed E-state index contributed by atoms with van der Waals surface area (Å²) >= 11 is 0. The molecule has 0 spiro atoms. The van der Waals surface area contributed by atoms with Gasteiger partial charge < -0.3 is 10.1 Å². The maximum atomic E-state index is 5.94. The molecule has 1 aliphatic heterocycles. The Morgan fingerprint density at radius 2 is 2.09 bits per heavy atom. The Bertz CT molecular complexity index is 717. The van der Waals surface area contributed by atoms with Crippen molar-refractivity contribution in [2.75, 3.05) is 12.3 Å². The minimum Gasteiger partial charge on any atom is -0.398 e. The van der Waals surface area contributed by atoms with Gasteiger partial charge in [0.05, 0.1) is 11.9 Å². The van der Waals surface area contributed by atoms with Crippen LogP contribution in [-0.4, -0.2) is 26.9 Å². The first kappa shape index (κ1) is 14.1. The molecule has 2 fully saturated rings. The molecule has 4 heteroatoms. The molecule has 2 unspecified atom stereocenters. The lowest BCUT2D eigenvalue weighted by Gasteiger charge is -2.39. The van der Waals surface area contributed by atoms with Crippen molar-refractivity contribution in [3.8, 4) is 0 Å². The summed E-state index contributed by atoms with van der Waals surface area (Å²) in [7, 11) is 0. The molecule has 22 heavy (non-hydrogen) atoms. The molecule has 2 atom stereocenters. The third kappa shape index (κ3) is 2.30. The van der Waals surface area contributed by atoms with Crippen LogP contribution in [0.2, 0.25) is 0 Å². The fourth-order valence-electron chi connectivity index (χ4n) is 5.13. The number of nitrogens with zero attached hydrogens (tertiary/aromatic N) is 3. The molecule has 2 bridgehead atoms. The predicted octanol–water partition coefficient (Wildman–Crippen LogP) is 3.32. The van der Waals surface area contributed by atoms with Gasteiger partial charge in [0, 0.05) is 31.0 Å². The van der Waals surface area contributed by atoms with Gasteiger partial charge in [-0.3, -0.25) is 4.90 Å². The largest absolute Gasteiger partial charge is 0.398 e. The molecule has 3 heterocycles. The zero-order chi connectivity index (χ0) is 15.5. The first-order chi connectivity index (χ1) is 10.3. The molecule has 1 saturated carbocycles. The number of hydrogen-bond donors (Lipinski definition) is 1. The lowest BCUT2D eigenvalue weighted by Crippen LogP contribution is -2.34. The summed E-state index contributed by atoms with van der Waals surface area (Å²) in [4.78, 5) is 7.18. The molecule has 2 aromatic heterocycles. The van der Waals surface area contributed by atoms with E-state index in [0.717, 1.165) is 17.9 Å². The number of imidazole rings is 1. The summed E-state index contributed by atoms with van der Waals surface area (Å²) in [5.41, 5.74) is 9.91. The summed E-state index contributed by atoms with van der Waals surface area (Å²) in [6.07, 6.45) is 7.99. The fraction of sp³-hybridized carbons (Fsp3) is 0.611. The van der Waals surface area contributed by atoms with Crippen LogP contribution in [0, 0.1) is 10.8 Å². The standard InChI is InChI=1S/C18H26N4/c1-17(2)6-14-7-18(3,11-17)12-21(14)10-15-8-20-16-5-4-13(19)9-22(15)16/h4-5,8-9,14H,6-7,10-12,19H2,1-3H3. The van der Waals surface area contributed by atoms with Gasteiger partial charge in [0.1, 0.15) is 5.65 Å². The smallest absolute Gasteiger partial charge is 0.137 e. The van der Waals surface area contributed by atoms with Crippen molar-refractivity contribution in [3.05, 3.63) is 30.2 Å². The minimum absolute atomic E-state index is 0.469. The molecule has 118 valence electrons. The van der Waals surface area contributed by atoms with Crippen molar-refractivity contribution in [3.63, 3.8) is 0 Å². The van der Waals surface area contributed by atoms with Gasteiger partial charge in [-0.05, 0) is 42.2 Å². The lowest BCUT2D eigenvalue weighted by atomic mass is 9.65. The van der Waals surface area contributed by atoms with Gasteiger partial charge in [0.15, 0.2) is 0 Å². The van der Waals surface area contributed by atoms with Crippen molar-refractivity contribution >= 4 is 11.3 Å². The Labute approximate surface area is 132 Å². The van der Waals surface area contributed by atoms with E-state index in [1.165, 1.54) is 31.5 Å². The van der Waals surface area contributed by atoms with Crippen molar-refractivity contribution in [2.45, 2.75) is 52.6 Å². The second-order valence-electron chi connectivity index (χ2n) is 8.56. The minimum atomic E-state index is 0.469. The van der Waals surface area contributed by atoms with E-state index < -0.39 is 0 Å². The highest BCUT2D eigenvalue weighted by atomic mass is 15.2. The second kappa shape index (κ2) is 4.48. The zero-order valence-electron chi connectivity index (χ0n) is 13.8. The molecule has 0 aromatic carbocycles. The van der Waals surface area contributed by atoms with Crippen molar-refractivity contribution in [1.82, 2.24) is 14.3 Å². The van der Waals surface area contributed by atoms with Gasteiger partial charge in [-0.15, -0.1) is 0 Å².